The Morgan fingerprint density at radius 2 is 2.18 bits per heavy atom. The molecule has 3 N–H and O–H groups in total. The number of aryl methyl sites for hydroxylation is 1. The standard InChI is InChI=1S/C11H19BrN4O/c1-5-14-11(4,10(13)17)6-16-8(3)9(12)7(2)15-16/h14H,5-6H2,1-4H3,(H2,13,17). The molecule has 1 heterocycles. The molecule has 1 aromatic heterocycles. The number of amides is 1. The number of nitrogens with two attached hydrogens (primary N) is 1. The number of likely N-dealkylation sites (N-methyl/N-ethyl adjacent to an activating group) is 1. The number of hydrogen-bond donors (Lipinski definition) is 2. The van der Waals surface area contributed by atoms with Crippen molar-refractivity contribution in [1.29, 1.82) is 0 Å². The van der Waals surface area contributed by atoms with Crippen LogP contribution in [-0.2, 0) is 11.3 Å². The summed E-state index contributed by atoms with van der Waals surface area (Å²) < 4.78 is 2.77. The van der Waals surface area contributed by atoms with Crippen molar-refractivity contribution in [2.24, 2.45) is 5.73 Å². The molecule has 1 unspecified atom stereocenters. The van der Waals surface area contributed by atoms with Crippen LogP contribution in [0, 0.1) is 13.8 Å². The fraction of sp³-hybridized carbons (Fsp3) is 0.636. The summed E-state index contributed by atoms with van der Waals surface area (Å²) >= 11 is 3.46. The number of aromatic nitrogens is 2. The molecule has 0 aliphatic heterocycles. The predicted octanol–water partition coefficient (Wildman–Crippen LogP) is 1.12. The number of carbonyl (C=O) groups is 1. The maximum Gasteiger partial charge on any atom is 0.239 e. The zero-order valence-electron chi connectivity index (χ0n) is 10.7. The summed E-state index contributed by atoms with van der Waals surface area (Å²) in [5.74, 6) is -0.372. The molecule has 0 bridgehead atoms. The number of nitrogens with zero attached hydrogens (tertiary/aromatic N) is 2. The van der Waals surface area contributed by atoms with Gasteiger partial charge in [0.15, 0.2) is 0 Å². The molecule has 0 fully saturated rings. The Bertz CT molecular complexity index is 429. The predicted molar refractivity (Wildman–Crippen MR) is 70.7 cm³/mol. The van der Waals surface area contributed by atoms with E-state index in [1.165, 1.54) is 0 Å². The zero-order valence-corrected chi connectivity index (χ0v) is 12.3. The van der Waals surface area contributed by atoms with Crippen molar-refractivity contribution in [1.82, 2.24) is 15.1 Å². The number of nitrogens with one attached hydrogen (secondary N) is 1. The van der Waals surface area contributed by atoms with E-state index in [0.29, 0.717) is 13.1 Å². The van der Waals surface area contributed by atoms with Gasteiger partial charge < -0.3 is 11.1 Å². The summed E-state index contributed by atoms with van der Waals surface area (Å²) in [6.07, 6.45) is 0. The van der Waals surface area contributed by atoms with Crippen LogP contribution in [0.1, 0.15) is 25.2 Å². The fourth-order valence-corrected chi connectivity index (χ4v) is 2.02. The SMILES string of the molecule is CCNC(C)(Cn1nc(C)c(Br)c1C)C(N)=O. The van der Waals surface area contributed by atoms with E-state index in [1.54, 1.807) is 11.6 Å². The molecule has 0 aromatic carbocycles. The Morgan fingerprint density at radius 1 is 1.59 bits per heavy atom. The zero-order chi connectivity index (χ0) is 13.2. The third-order valence-corrected chi connectivity index (χ3v) is 4.02. The summed E-state index contributed by atoms with van der Waals surface area (Å²) in [6, 6.07) is 0. The average Bonchev–Trinajstić information content (AvgIpc) is 2.46. The molecule has 1 rings (SSSR count). The molecule has 96 valence electrons. The molecule has 0 aliphatic rings. The highest BCUT2D eigenvalue weighted by Crippen LogP contribution is 2.21. The third kappa shape index (κ3) is 2.87. The van der Waals surface area contributed by atoms with Crippen LogP contribution in [0.5, 0.6) is 0 Å². The molecule has 1 amide bonds. The maximum absolute atomic E-state index is 11.5. The van der Waals surface area contributed by atoms with E-state index in [0.717, 1.165) is 15.9 Å². The quantitative estimate of drug-likeness (QED) is 0.856. The Morgan fingerprint density at radius 3 is 2.53 bits per heavy atom. The smallest absolute Gasteiger partial charge is 0.239 e. The van der Waals surface area contributed by atoms with Gasteiger partial charge in [-0.05, 0) is 43.2 Å². The normalized spacial score (nSPS) is 14.6. The Hall–Kier alpha value is -0.880. The highest BCUT2D eigenvalue weighted by atomic mass is 79.9. The first-order chi connectivity index (χ1) is 7.81. The van der Waals surface area contributed by atoms with Gasteiger partial charge in [-0.2, -0.15) is 5.10 Å². The molecule has 1 atom stereocenters. The fourth-order valence-electron chi connectivity index (χ4n) is 1.74. The van der Waals surface area contributed by atoms with Crippen molar-refractivity contribution in [3.8, 4) is 0 Å². The molecule has 0 radical (unpaired) electrons. The Labute approximate surface area is 110 Å². The first-order valence-electron chi connectivity index (χ1n) is 5.56. The maximum atomic E-state index is 11.5. The van der Waals surface area contributed by atoms with Crippen molar-refractivity contribution in [2.75, 3.05) is 6.54 Å². The summed E-state index contributed by atoms with van der Waals surface area (Å²) in [6.45, 7) is 8.72. The van der Waals surface area contributed by atoms with Crippen LogP contribution < -0.4 is 11.1 Å². The van der Waals surface area contributed by atoms with Gasteiger partial charge in [0.2, 0.25) is 5.91 Å². The second-order valence-corrected chi connectivity index (χ2v) is 5.16. The summed E-state index contributed by atoms with van der Waals surface area (Å²) in [5.41, 5.74) is 6.57. The monoisotopic (exact) mass is 302 g/mol. The number of rotatable bonds is 5. The number of hydrogen-bond acceptors (Lipinski definition) is 3. The van der Waals surface area contributed by atoms with Crippen LogP contribution in [0.15, 0.2) is 4.47 Å². The number of primary amides is 1. The van der Waals surface area contributed by atoms with Gasteiger partial charge in [-0.15, -0.1) is 0 Å². The largest absolute Gasteiger partial charge is 0.368 e. The molecular formula is C11H19BrN4O. The molecule has 5 nitrogen and oxygen atoms in total. The highest BCUT2D eigenvalue weighted by molar-refractivity contribution is 9.10. The third-order valence-electron chi connectivity index (χ3n) is 2.87. The summed E-state index contributed by atoms with van der Waals surface area (Å²) in [7, 11) is 0. The van der Waals surface area contributed by atoms with E-state index in [9.17, 15) is 4.79 Å². The van der Waals surface area contributed by atoms with E-state index in [-0.39, 0.29) is 5.91 Å². The lowest BCUT2D eigenvalue weighted by Crippen LogP contribution is -2.56. The van der Waals surface area contributed by atoms with E-state index < -0.39 is 5.54 Å². The minimum absolute atomic E-state index is 0.372. The van der Waals surface area contributed by atoms with Crippen LogP contribution in [0.4, 0.5) is 0 Å². The molecule has 0 spiro atoms. The van der Waals surface area contributed by atoms with Crippen LogP contribution in [0.2, 0.25) is 0 Å². The van der Waals surface area contributed by atoms with Gasteiger partial charge in [-0.3, -0.25) is 9.48 Å². The first-order valence-corrected chi connectivity index (χ1v) is 6.35. The van der Waals surface area contributed by atoms with E-state index >= 15 is 0 Å². The van der Waals surface area contributed by atoms with Gasteiger partial charge in [-0.1, -0.05) is 6.92 Å². The van der Waals surface area contributed by atoms with Crippen molar-refractivity contribution in [3.63, 3.8) is 0 Å². The molecule has 6 heteroatoms. The first kappa shape index (κ1) is 14.2. The lowest BCUT2D eigenvalue weighted by atomic mass is 10.0. The topological polar surface area (TPSA) is 72.9 Å². The van der Waals surface area contributed by atoms with Gasteiger partial charge in [0, 0.05) is 5.69 Å². The molecule has 0 saturated carbocycles. The van der Waals surface area contributed by atoms with Gasteiger partial charge in [0.05, 0.1) is 16.7 Å². The van der Waals surface area contributed by atoms with Crippen LogP contribution in [0.3, 0.4) is 0 Å². The average molecular weight is 303 g/mol. The van der Waals surface area contributed by atoms with Crippen molar-refractivity contribution < 1.29 is 4.79 Å². The van der Waals surface area contributed by atoms with E-state index in [4.69, 9.17) is 5.73 Å². The second kappa shape index (κ2) is 5.18. The van der Waals surface area contributed by atoms with Gasteiger partial charge >= 0.3 is 0 Å². The minimum Gasteiger partial charge on any atom is -0.368 e. The van der Waals surface area contributed by atoms with E-state index in [1.807, 2.05) is 20.8 Å². The van der Waals surface area contributed by atoms with Crippen molar-refractivity contribution >= 4 is 21.8 Å². The van der Waals surface area contributed by atoms with Crippen LogP contribution in [-0.4, -0.2) is 27.8 Å². The van der Waals surface area contributed by atoms with E-state index in [2.05, 4.69) is 26.3 Å². The lowest BCUT2D eigenvalue weighted by molar-refractivity contribution is -0.124. The number of carbonyl (C=O) groups excluding carboxylic acids is 1. The van der Waals surface area contributed by atoms with Crippen LogP contribution >= 0.6 is 15.9 Å². The highest BCUT2D eigenvalue weighted by Gasteiger charge is 2.31. The molecule has 0 saturated heterocycles. The van der Waals surface area contributed by atoms with Crippen molar-refractivity contribution in [3.05, 3.63) is 15.9 Å². The van der Waals surface area contributed by atoms with Gasteiger partial charge in [0.1, 0.15) is 5.54 Å². The summed E-state index contributed by atoms with van der Waals surface area (Å²) in [5, 5.41) is 7.49. The molecule has 0 aliphatic carbocycles. The van der Waals surface area contributed by atoms with Crippen molar-refractivity contribution in [2.45, 2.75) is 39.8 Å². The van der Waals surface area contributed by atoms with Crippen LogP contribution in [0.25, 0.3) is 0 Å². The number of halogens is 1. The minimum atomic E-state index is -0.780. The Balaban J connectivity index is 3.02. The lowest BCUT2D eigenvalue weighted by Gasteiger charge is -2.27. The Kier molecular flexibility index (Phi) is 4.32. The molecule has 1 aromatic rings. The summed E-state index contributed by atoms with van der Waals surface area (Å²) in [4.78, 5) is 11.5. The van der Waals surface area contributed by atoms with Gasteiger partial charge in [-0.25, -0.2) is 0 Å². The molecular weight excluding hydrogens is 284 g/mol. The van der Waals surface area contributed by atoms with Gasteiger partial charge in [0.25, 0.3) is 0 Å². The second-order valence-electron chi connectivity index (χ2n) is 4.37. The molecule has 17 heavy (non-hydrogen) atoms.